The lowest BCUT2D eigenvalue weighted by atomic mass is 10.3. The van der Waals surface area contributed by atoms with E-state index < -0.39 is 12.5 Å². The Labute approximate surface area is 118 Å². The summed E-state index contributed by atoms with van der Waals surface area (Å²) >= 11 is 11.7. The zero-order chi connectivity index (χ0) is 13.0. The van der Waals surface area contributed by atoms with Crippen molar-refractivity contribution in [3.8, 4) is 5.75 Å². The average Bonchev–Trinajstić information content (AvgIpc) is 2.22. The third kappa shape index (κ3) is 4.40. The quantitative estimate of drug-likeness (QED) is 0.785. The number of alkyl halides is 3. The normalized spacial score (nSPS) is 10.5. The van der Waals surface area contributed by atoms with E-state index in [0.717, 1.165) is 0 Å². The Kier molecular flexibility index (Phi) is 5.61. The maximum absolute atomic E-state index is 12.2. The monoisotopic (exact) mass is 391 g/mol. The fraction of sp³-hybridized carbons (Fsp3) is 0.222. The zero-order valence-electron chi connectivity index (χ0n) is 8.15. The first kappa shape index (κ1) is 14.7. The fourth-order valence-electron chi connectivity index (χ4n) is 1.05. The van der Waals surface area contributed by atoms with Gasteiger partial charge in [0.05, 0.1) is 15.5 Å². The van der Waals surface area contributed by atoms with Crippen LogP contribution in [0.25, 0.3) is 0 Å². The van der Waals surface area contributed by atoms with Crippen LogP contribution in [0, 0.1) is 0 Å². The number of ether oxygens (including phenoxy) is 1. The van der Waals surface area contributed by atoms with Gasteiger partial charge in [0, 0.05) is 5.02 Å². The van der Waals surface area contributed by atoms with Gasteiger partial charge in [-0.05, 0) is 28.1 Å². The molecule has 0 aliphatic heterocycles. The highest BCUT2D eigenvalue weighted by Crippen LogP contribution is 2.37. The number of hydrogen-bond acceptors (Lipinski definition) is 2. The van der Waals surface area contributed by atoms with Gasteiger partial charge in [0.1, 0.15) is 0 Å². The molecule has 0 aromatic heterocycles. The van der Waals surface area contributed by atoms with Crippen LogP contribution >= 0.6 is 43.5 Å². The Bertz CT molecular complexity index is 432. The molecule has 0 spiro atoms. The molecule has 1 rings (SSSR count). The molecule has 1 aromatic rings. The molecule has 0 aliphatic carbocycles. The first-order chi connectivity index (χ1) is 7.93. The Hall–Kier alpha value is -0.400. The van der Waals surface area contributed by atoms with E-state index in [0.29, 0.717) is 0 Å². The summed E-state index contributed by atoms with van der Waals surface area (Å²) < 4.78 is 28.9. The van der Waals surface area contributed by atoms with E-state index in [9.17, 15) is 13.6 Å². The molecule has 94 valence electrons. The number of halogens is 5. The Morgan fingerprint density at radius 3 is 2.71 bits per heavy atom. The van der Waals surface area contributed by atoms with E-state index in [1.807, 2.05) is 0 Å². The van der Waals surface area contributed by atoms with E-state index in [-0.39, 0.29) is 26.3 Å². The number of anilines is 1. The zero-order valence-corrected chi connectivity index (χ0v) is 12.1. The minimum absolute atomic E-state index is 0.0330. The second-order valence-corrected chi connectivity index (χ2v) is 4.68. The van der Waals surface area contributed by atoms with Crippen molar-refractivity contribution in [3.05, 3.63) is 21.6 Å². The molecular formula is C9H6Br2ClF2NO2. The molecule has 1 aromatic carbocycles. The molecule has 0 saturated heterocycles. The fourth-order valence-corrected chi connectivity index (χ4v) is 2.09. The molecule has 0 radical (unpaired) electrons. The molecular weight excluding hydrogens is 387 g/mol. The van der Waals surface area contributed by atoms with Gasteiger partial charge < -0.3 is 10.1 Å². The predicted octanol–water partition coefficient (Wildman–Crippen LogP) is 4.04. The van der Waals surface area contributed by atoms with Crippen molar-refractivity contribution in [1.82, 2.24) is 0 Å². The van der Waals surface area contributed by atoms with E-state index in [4.69, 9.17) is 11.6 Å². The van der Waals surface area contributed by atoms with Crippen LogP contribution in [-0.2, 0) is 4.79 Å². The maximum atomic E-state index is 12.2. The van der Waals surface area contributed by atoms with Crippen LogP contribution in [0.5, 0.6) is 5.75 Å². The van der Waals surface area contributed by atoms with Gasteiger partial charge in [-0.3, -0.25) is 4.79 Å². The van der Waals surface area contributed by atoms with Crippen LogP contribution in [0.15, 0.2) is 16.6 Å². The highest BCUT2D eigenvalue weighted by molar-refractivity contribution is 9.10. The standard InChI is InChI=1S/C9H6Br2ClF2NO2/c10-3-7(16)15-6-2-4(12)1-5(11)8(6)17-9(13)14/h1-2,9H,3H2,(H,15,16). The molecule has 0 saturated carbocycles. The molecule has 0 unspecified atom stereocenters. The van der Waals surface area contributed by atoms with E-state index >= 15 is 0 Å². The second kappa shape index (κ2) is 6.51. The molecule has 0 bridgehead atoms. The number of hydrogen-bond donors (Lipinski definition) is 1. The Morgan fingerprint density at radius 1 is 1.53 bits per heavy atom. The van der Waals surface area contributed by atoms with Gasteiger partial charge >= 0.3 is 6.61 Å². The van der Waals surface area contributed by atoms with Crippen molar-refractivity contribution in [1.29, 1.82) is 0 Å². The van der Waals surface area contributed by atoms with Crippen molar-refractivity contribution < 1.29 is 18.3 Å². The van der Waals surface area contributed by atoms with E-state index in [1.165, 1.54) is 12.1 Å². The summed E-state index contributed by atoms with van der Waals surface area (Å²) in [5, 5.41) is 2.70. The van der Waals surface area contributed by atoms with Crippen molar-refractivity contribution in [2.24, 2.45) is 0 Å². The highest BCUT2D eigenvalue weighted by Gasteiger charge is 2.16. The molecule has 0 heterocycles. The summed E-state index contributed by atoms with van der Waals surface area (Å²) in [7, 11) is 0. The number of carbonyl (C=O) groups excluding carboxylic acids is 1. The molecule has 0 atom stereocenters. The Balaban J connectivity index is 3.10. The summed E-state index contributed by atoms with van der Waals surface area (Å²) in [6.45, 7) is -2.99. The highest BCUT2D eigenvalue weighted by atomic mass is 79.9. The van der Waals surface area contributed by atoms with E-state index in [2.05, 4.69) is 41.9 Å². The lowest BCUT2D eigenvalue weighted by Crippen LogP contribution is -2.14. The first-order valence-corrected chi connectivity index (χ1v) is 6.53. The van der Waals surface area contributed by atoms with Gasteiger partial charge in [-0.15, -0.1) is 0 Å². The van der Waals surface area contributed by atoms with Crippen LogP contribution in [0.3, 0.4) is 0 Å². The molecule has 1 amide bonds. The Morgan fingerprint density at radius 2 is 2.18 bits per heavy atom. The molecule has 17 heavy (non-hydrogen) atoms. The van der Waals surface area contributed by atoms with Crippen LogP contribution in [-0.4, -0.2) is 17.8 Å². The van der Waals surface area contributed by atoms with Gasteiger partial charge in [0.2, 0.25) is 5.91 Å². The topological polar surface area (TPSA) is 38.3 Å². The van der Waals surface area contributed by atoms with Gasteiger partial charge in [-0.2, -0.15) is 8.78 Å². The first-order valence-electron chi connectivity index (χ1n) is 4.23. The molecule has 8 heteroatoms. The molecule has 0 aliphatic rings. The van der Waals surface area contributed by atoms with Crippen LogP contribution in [0.1, 0.15) is 0 Å². The smallest absolute Gasteiger partial charge is 0.387 e. The lowest BCUT2D eigenvalue weighted by molar-refractivity contribution is -0.113. The summed E-state index contributed by atoms with van der Waals surface area (Å²) in [5.74, 6) is -0.572. The third-order valence-corrected chi connectivity index (χ3v) is 2.93. The van der Waals surface area contributed by atoms with Crippen LogP contribution in [0.2, 0.25) is 5.02 Å². The third-order valence-electron chi connectivity index (χ3n) is 1.61. The largest absolute Gasteiger partial charge is 0.431 e. The number of carbonyl (C=O) groups is 1. The minimum Gasteiger partial charge on any atom is -0.431 e. The van der Waals surface area contributed by atoms with Gasteiger partial charge in [0.15, 0.2) is 5.75 Å². The van der Waals surface area contributed by atoms with Crippen molar-refractivity contribution in [3.63, 3.8) is 0 Å². The summed E-state index contributed by atoms with van der Waals surface area (Å²) in [5.41, 5.74) is 0.0779. The lowest BCUT2D eigenvalue weighted by Gasteiger charge is -2.13. The average molecular weight is 393 g/mol. The van der Waals surface area contributed by atoms with Gasteiger partial charge in [0.25, 0.3) is 0 Å². The second-order valence-electron chi connectivity index (χ2n) is 2.82. The molecule has 0 fully saturated rings. The van der Waals surface area contributed by atoms with Crippen molar-refractivity contribution in [2.45, 2.75) is 6.61 Å². The molecule has 3 nitrogen and oxygen atoms in total. The van der Waals surface area contributed by atoms with Crippen molar-refractivity contribution >= 4 is 55.1 Å². The molecule has 1 N–H and O–H groups in total. The summed E-state index contributed by atoms with van der Waals surface area (Å²) in [6.07, 6.45) is 0. The van der Waals surface area contributed by atoms with Gasteiger partial charge in [-0.1, -0.05) is 27.5 Å². The number of benzene rings is 1. The minimum atomic E-state index is -2.99. The summed E-state index contributed by atoms with van der Waals surface area (Å²) in [6, 6.07) is 2.72. The maximum Gasteiger partial charge on any atom is 0.387 e. The number of amides is 1. The number of nitrogens with one attached hydrogen (secondary N) is 1. The van der Waals surface area contributed by atoms with Crippen LogP contribution < -0.4 is 10.1 Å². The van der Waals surface area contributed by atoms with Gasteiger partial charge in [-0.25, -0.2) is 0 Å². The van der Waals surface area contributed by atoms with E-state index in [1.54, 1.807) is 0 Å². The summed E-state index contributed by atoms with van der Waals surface area (Å²) in [4.78, 5) is 11.2. The van der Waals surface area contributed by atoms with Crippen LogP contribution in [0.4, 0.5) is 14.5 Å². The SMILES string of the molecule is O=C(CBr)Nc1cc(Cl)cc(Br)c1OC(F)F. The predicted molar refractivity (Wildman–Crippen MR) is 68.2 cm³/mol. The van der Waals surface area contributed by atoms with Crippen molar-refractivity contribution in [2.75, 3.05) is 10.6 Å². The number of rotatable bonds is 4.